The first-order valence-electron chi connectivity index (χ1n) is 7.46. The monoisotopic (exact) mass is 303 g/mol. The summed E-state index contributed by atoms with van der Waals surface area (Å²) in [7, 11) is 0. The topological polar surface area (TPSA) is 67.1 Å². The molecule has 3 rings (SSSR count). The number of nitrogens with one attached hydrogen (secondary N) is 1. The molecule has 2 aromatic heterocycles. The quantitative estimate of drug-likeness (QED) is 0.803. The van der Waals surface area contributed by atoms with Crippen molar-refractivity contribution in [1.82, 2.24) is 14.3 Å². The molecule has 0 aliphatic carbocycles. The molecule has 0 radical (unpaired) electrons. The number of anilines is 2. The third kappa shape index (κ3) is 3.51. The van der Waals surface area contributed by atoms with E-state index in [1.165, 1.54) is 44.0 Å². The Balaban J connectivity index is 1.58. The van der Waals surface area contributed by atoms with Crippen molar-refractivity contribution in [2.24, 2.45) is 0 Å². The average molecular weight is 303 g/mol. The van der Waals surface area contributed by atoms with Crippen molar-refractivity contribution in [1.29, 1.82) is 0 Å². The normalized spacial score (nSPS) is 15.4. The molecule has 1 fully saturated rings. The third-order valence-electron chi connectivity index (χ3n) is 3.80. The second-order valence-electron chi connectivity index (χ2n) is 5.34. The predicted octanol–water partition coefficient (Wildman–Crippen LogP) is 2.69. The van der Waals surface area contributed by atoms with Crippen LogP contribution in [0.25, 0.3) is 11.1 Å². The van der Waals surface area contributed by atoms with Gasteiger partial charge < -0.3 is 16.0 Å². The summed E-state index contributed by atoms with van der Waals surface area (Å²) in [6, 6.07) is 3.94. The molecule has 1 saturated heterocycles. The minimum Gasteiger partial charge on any atom is -0.382 e. The molecule has 112 valence electrons. The zero-order chi connectivity index (χ0) is 14.5. The highest BCUT2D eigenvalue weighted by molar-refractivity contribution is 7.11. The predicted molar refractivity (Wildman–Crippen MR) is 88.5 cm³/mol. The zero-order valence-electron chi connectivity index (χ0n) is 12.1. The minimum atomic E-state index is 0.579. The number of nitrogen functional groups attached to an aromatic ring is 1. The summed E-state index contributed by atoms with van der Waals surface area (Å²) in [5, 5.41) is 4.52. The van der Waals surface area contributed by atoms with Gasteiger partial charge in [-0.2, -0.15) is 4.37 Å². The highest BCUT2D eigenvalue weighted by Gasteiger charge is 2.14. The van der Waals surface area contributed by atoms with Gasteiger partial charge in [-0.15, -0.1) is 0 Å². The first kappa shape index (κ1) is 14.3. The van der Waals surface area contributed by atoms with Crippen molar-refractivity contribution in [3.63, 3.8) is 0 Å². The van der Waals surface area contributed by atoms with Gasteiger partial charge in [0.15, 0.2) is 0 Å². The smallest absolute Gasteiger partial charge is 0.147 e. The summed E-state index contributed by atoms with van der Waals surface area (Å²) in [6.07, 6.45) is 7.44. The number of hydrogen-bond donors (Lipinski definition) is 2. The minimum absolute atomic E-state index is 0.579. The van der Waals surface area contributed by atoms with Crippen molar-refractivity contribution in [3.05, 3.63) is 24.5 Å². The van der Waals surface area contributed by atoms with Crippen LogP contribution in [0, 0.1) is 0 Å². The van der Waals surface area contributed by atoms with E-state index in [1.807, 2.05) is 18.3 Å². The molecule has 0 amide bonds. The summed E-state index contributed by atoms with van der Waals surface area (Å²) in [5.74, 6) is 0.579. The molecule has 0 bridgehead atoms. The Morgan fingerprint density at radius 1 is 1.33 bits per heavy atom. The molecule has 5 nitrogen and oxygen atoms in total. The van der Waals surface area contributed by atoms with E-state index in [4.69, 9.17) is 5.73 Å². The van der Waals surface area contributed by atoms with Gasteiger partial charge in [0.25, 0.3) is 0 Å². The van der Waals surface area contributed by atoms with Gasteiger partial charge in [0.2, 0.25) is 0 Å². The van der Waals surface area contributed by atoms with Crippen LogP contribution in [0.4, 0.5) is 10.8 Å². The molecule has 1 aliphatic heterocycles. The Morgan fingerprint density at radius 2 is 2.19 bits per heavy atom. The lowest BCUT2D eigenvalue weighted by atomic mass is 10.1. The number of aromatic nitrogens is 2. The standard InChI is InChI=1S/C15H21N5S/c16-14-13(12-5-3-6-17-11-12)15(21-19-14)18-7-4-10-20-8-1-2-9-20/h3,5-6,11,18H,1-2,4,7-10H2,(H2,16,19). The number of hydrogen-bond acceptors (Lipinski definition) is 6. The van der Waals surface area contributed by atoms with Crippen LogP contribution in [0.3, 0.4) is 0 Å². The first-order chi connectivity index (χ1) is 10.3. The number of nitrogens with two attached hydrogens (primary N) is 1. The van der Waals surface area contributed by atoms with E-state index in [-0.39, 0.29) is 0 Å². The maximum atomic E-state index is 6.00. The summed E-state index contributed by atoms with van der Waals surface area (Å²) < 4.78 is 4.27. The number of nitrogens with zero attached hydrogens (tertiary/aromatic N) is 3. The zero-order valence-corrected chi connectivity index (χ0v) is 12.9. The van der Waals surface area contributed by atoms with E-state index in [0.717, 1.165) is 29.1 Å². The van der Waals surface area contributed by atoms with Gasteiger partial charge >= 0.3 is 0 Å². The fraction of sp³-hybridized carbons (Fsp3) is 0.467. The maximum absolute atomic E-state index is 6.00. The van der Waals surface area contributed by atoms with E-state index in [1.54, 1.807) is 6.20 Å². The summed E-state index contributed by atoms with van der Waals surface area (Å²) >= 11 is 1.43. The first-order valence-corrected chi connectivity index (χ1v) is 8.24. The number of rotatable bonds is 6. The van der Waals surface area contributed by atoms with E-state index in [0.29, 0.717) is 5.82 Å². The lowest BCUT2D eigenvalue weighted by Crippen LogP contribution is -2.22. The molecule has 3 N–H and O–H groups in total. The van der Waals surface area contributed by atoms with Gasteiger partial charge in [0.05, 0.1) is 5.56 Å². The van der Waals surface area contributed by atoms with Gasteiger partial charge in [0, 0.05) is 24.5 Å². The van der Waals surface area contributed by atoms with Crippen LogP contribution in [0.15, 0.2) is 24.5 Å². The largest absolute Gasteiger partial charge is 0.382 e. The third-order valence-corrected chi connectivity index (χ3v) is 4.62. The van der Waals surface area contributed by atoms with Crippen LogP contribution >= 0.6 is 11.5 Å². The van der Waals surface area contributed by atoms with Crippen LogP contribution < -0.4 is 11.1 Å². The van der Waals surface area contributed by atoms with Crippen LogP contribution in [-0.2, 0) is 0 Å². The molecule has 2 aromatic rings. The summed E-state index contributed by atoms with van der Waals surface area (Å²) in [6.45, 7) is 4.64. The van der Waals surface area contributed by atoms with Crippen LogP contribution in [0.2, 0.25) is 0 Å². The molecule has 3 heterocycles. The maximum Gasteiger partial charge on any atom is 0.147 e. The van der Waals surface area contributed by atoms with Crippen molar-refractivity contribution in [3.8, 4) is 11.1 Å². The molecule has 0 aromatic carbocycles. The molecular formula is C15H21N5S. The number of pyridine rings is 1. The Bertz CT molecular complexity index is 563. The summed E-state index contributed by atoms with van der Waals surface area (Å²) in [4.78, 5) is 6.69. The van der Waals surface area contributed by atoms with Crippen LogP contribution in [0.5, 0.6) is 0 Å². The van der Waals surface area contributed by atoms with Gasteiger partial charge in [-0.3, -0.25) is 4.98 Å². The fourth-order valence-corrected chi connectivity index (χ4v) is 3.48. The van der Waals surface area contributed by atoms with Gasteiger partial charge in [-0.05, 0) is 56.5 Å². The molecule has 6 heteroatoms. The Hall–Kier alpha value is -1.66. The fourth-order valence-electron chi connectivity index (χ4n) is 2.72. The Morgan fingerprint density at radius 3 is 2.95 bits per heavy atom. The molecular weight excluding hydrogens is 282 g/mol. The molecule has 0 unspecified atom stereocenters. The van der Waals surface area contributed by atoms with Crippen molar-refractivity contribution in [2.45, 2.75) is 19.3 Å². The van der Waals surface area contributed by atoms with E-state index >= 15 is 0 Å². The highest BCUT2D eigenvalue weighted by Crippen LogP contribution is 2.36. The molecule has 0 atom stereocenters. The van der Waals surface area contributed by atoms with Gasteiger partial charge in [-0.1, -0.05) is 6.07 Å². The Kier molecular flexibility index (Phi) is 4.67. The van der Waals surface area contributed by atoms with E-state index < -0.39 is 0 Å². The van der Waals surface area contributed by atoms with Crippen molar-refractivity contribution in [2.75, 3.05) is 37.2 Å². The van der Waals surface area contributed by atoms with Crippen LogP contribution in [0.1, 0.15) is 19.3 Å². The van der Waals surface area contributed by atoms with E-state index in [9.17, 15) is 0 Å². The highest BCUT2D eigenvalue weighted by atomic mass is 32.1. The summed E-state index contributed by atoms with van der Waals surface area (Å²) in [5.41, 5.74) is 8.00. The second-order valence-corrected chi connectivity index (χ2v) is 6.12. The van der Waals surface area contributed by atoms with Crippen molar-refractivity contribution >= 4 is 22.4 Å². The average Bonchev–Trinajstić information content (AvgIpc) is 3.14. The molecule has 21 heavy (non-hydrogen) atoms. The number of likely N-dealkylation sites (tertiary alicyclic amines) is 1. The van der Waals surface area contributed by atoms with E-state index in [2.05, 4.69) is 19.6 Å². The van der Waals surface area contributed by atoms with Crippen molar-refractivity contribution < 1.29 is 0 Å². The molecule has 0 spiro atoms. The molecule has 1 aliphatic rings. The SMILES string of the molecule is Nc1nsc(NCCCN2CCCC2)c1-c1cccnc1. The lowest BCUT2D eigenvalue weighted by Gasteiger charge is -2.14. The van der Waals surface area contributed by atoms with Gasteiger partial charge in [-0.25, -0.2) is 0 Å². The van der Waals surface area contributed by atoms with Gasteiger partial charge in [0.1, 0.15) is 10.8 Å². The van der Waals surface area contributed by atoms with Crippen LogP contribution in [-0.4, -0.2) is 40.4 Å². The second kappa shape index (κ2) is 6.87. The molecule has 0 saturated carbocycles. The Labute approximate surface area is 129 Å². The lowest BCUT2D eigenvalue weighted by molar-refractivity contribution is 0.337.